The largest absolute Gasteiger partial charge is 0.310 e. The summed E-state index contributed by atoms with van der Waals surface area (Å²) in [5.41, 5.74) is 20.6. The quantitative estimate of drug-likeness (QED) is 0.155. The molecule has 1 heteroatoms. The third-order valence-corrected chi connectivity index (χ3v) is 14.2. The van der Waals surface area contributed by atoms with Gasteiger partial charge in [-0.3, -0.25) is 0 Å². The molecule has 2 aliphatic carbocycles. The predicted octanol–water partition coefficient (Wildman–Crippen LogP) is 16.3. The number of rotatable bonds is 7. The maximum absolute atomic E-state index is 2.53. The van der Waals surface area contributed by atoms with Crippen molar-refractivity contribution < 1.29 is 0 Å². The first-order valence-corrected chi connectivity index (χ1v) is 22.1. The molecule has 0 aliphatic heterocycles. The topological polar surface area (TPSA) is 3.24 Å². The van der Waals surface area contributed by atoms with Gasteiger partial charge in [0.1, 0.15) is 0 Å². The van der Waals surface area contributed by atoms with Crippen molar-refractivity contribution in [2.24, 2.45) is 0 Å². The zero-order valence-corrected chi connectivity index (χ0v) is 35.5. The van der Waals surface area contributed by atoms with Crippen LogP contribution in [0.2, 0.25) is 0 Å². The Labute approximate surface area is 370 Å². The van der Waals surface area contributed by atoms with Gasteiger partial charge < -0.3 is 4.90 Å². The van der Waals surface area contributed by atoms with Gasteiger partial charge in [-0.25, -0.2) is 0 Å². The molecule has 0 radical (unpaired) electrons. The Bertz CT molecular complexity index is 3220. The summed E-state index contributed by atoms with van der Waals surface area (Å²) in [4.78, 5) is 2.53. The van der Waals surface area contributed by atoms with Crippen LogP contribution >= 0.6 is 0 Å². The summed E-state index contributed by atoms with van der Waals surface area (Å²) in [7, 11) is 0. The van der Waals surface area contributed by atoms with Gasteiger partial charge in [-0.1, -0.05) is 206 Å². The molecule has 1 nitrogen and oxygen atoms in total. The van der Waals surface area contributed by atoms with Crippen molar-refractivity contribution in [2.75, 3.05) is 4.90 Å². The van der Waals surface area contributed by atoms with Crippen molar-refractivity contribution in [2.45, 2.75) is 24.7 Å². The Hall–Kier alpha value is -7.74. The van der Waals surface area contributed by atoms with E-state index in [9.17, 15) is 0 Å². The average Bonchev–Trinajstić information content (AvgIpc) is 3.77. The van der Waals surface area contributed by atoms with E-state index in [1.54, 1.807) is 0 Å². The summed E-state index contributed by atoms with van der Waals surface area (Å²) in [5, 5.41) is 2.47. The minimum absolute atomic E-state index is 0.347. The Kier molecular flexibility index (Phi) is 8.49. The third-order valence-electron chi connectivity index (χ3n) is 14.2. The van der Waals surface area contributed by atoms with E-state index in [1.807, 2.05) is 0 Å². The van der Waals surface area contributed by atoms with Crippen LogP contribution in [-0.4, -0.2) is 0 Å². The van der Waals surface area contributed by atoms with Crippen LogP contribution < -0.4 is 4.90 Å². The van der Waals surface area contributed by atoms with E-state index in [-0.39, 0.29) is 10.8 Å². The van der Waals surface area contributed by atoms with Gasteiger partial charge in [0.2, 0.25) is 0 Å². The number of benzene rings is 10. The van der Waals surface area contributed by atoms with Gasteiger partial charge in [0.15, 0.2) is 0 Å². The lowest BCUT2D eigenvalue weighted by Crippen LogP contribution is -2.23. The lowest BCUT2D eigenvalue weighted by molar-refractivity contribution is 0.713. The Balaban J connectivity index is 1.13. The molecule has 0 amide bonds. The van der Waals surface area contributed by atoms with Crippen molar-refractivity contribution in [1.82, 2.24) is 0 Å². The Morgan fingerprint density at radius 3 is 1.25 bits per heavy atom. The molecule has 10 aromatic rings. The maximum Gasteiger partial charge on any atom is 0.0540 e. The van der Waals surface area contributed by atoms with Crippen LogP contribution in [0.1, 0.15) is 47.2 Å². The van der Waals surface area contributed by atoms with Crippen LogP contribution in [-0.2, 0) is 10.8 Å². The first-order valence-electron chi connectivity index (χ1n) is 22.1. The highest BCUT2D eigenvalue weighted by Crippen LogP contribution is 2.57. The van der Waals surface area contributed by atoms with Crippen LogP contribution in [0.5, 0.6) is 0 Å². The summed E-state index contributed by atoms with van der Waals surface area (Å²) in [6.45, 7) is 4.82. The van der Waals surface area contributed by atoms with Crippen LogP contribution in [0.4, 0.5) is 17.1 Å². The van der Waals surface area contributed by atoms with Gasteiger partial charge in [0.25, 0.3) is 0 Å². The first kappa shape index (κ1) is 37.1. The molecule has 63 heavy (non-hydrogen) atoms. The van der Waals surface area contributed by atoms with Crippen LogP contribution in [0.3, 0.4) is 0 Å². The number of hydrogen-bond donors (Lipinski definition) is 0. The molecule has 0 heterocycles. The third kappa shape index (κ3) is 5.56. The fraction of sp³-hybridized carbons (Fsp3) is 0.0645. The summed E-state index contributed by atoms with van der Waals surface area (Å²) in [5.74, 6) is 0. The van der Waals surface area contributed by atoms with Crippen molar-refractivity contribution >= 4 is 27.8 Å². The lowest BCUT2D eigenvalue weighted by Gasteiger charge is -2.33. The minimum Gasteiger partial charge on any atom is -0.310 e. The van der Waals surface area contributed by atoms with E-state index < -0.39 is 0 Å². The zero-order chi connectivity index (χ0) is 42.1. The fourth-order valence-electron chi connectivity index (χ4n) is 11.2. The highest BCUT2D eigenvalue weighted by molar-refractivity contribution is 6.09. The number of hydrogen-bond acceptors (Lipinski definition) is 1. The second kappa shape index (κ2) is 14.4. The molecule has 0 saturated heterocycles. The maximum atomic E-state index is 2.53. The number of nitrogens with zero attached hydrogens (tertiary/aromatic N) is 1. The van der Waals surface area contributed by atoms with Gasteiger partial charge in [-0.2, -0.15) is 0 Å². The molecule has 0 fully saturated rings. The van der Waals surface area contributed by atoms with E-state index in [0.29, 0.717) is 0 Å². The van der Waals surface area contributed by atoms with Crippen molar-refractivity contribution in [3.05, 3.63) is 270 Å². The number of para-hydroxylation sites is 1. The molecule has 0 bridgehead atoms. The summed E-state index contributed by atoms with van der Waals surface area (Å²) in [6, 6.07) is 87.8. The predicted molar refractivity (Wildman–Crippen MR) is 264 cm³/mol. The molecule has 2 aliphatic rings. The molecule has 2 unspecified atom stereocenters. The van der Waals surface area contributed by atoms with E-state index in [2.05, 4.69) is 255 Å². The first-order chi connectivity index (χ1) is 31.0. The normalized spacial score (nSPS) is 16.9. The van der Waals surface area contributed by atoms with Crippen molar-refractivity contribution in [3.63, 3.8) is 0 Å². The molecule has 298 valence electrons. The van der Waals surface area contributed by atoms with Crippen molar-refractivity contribution in [1.29, 1.82) is 0 Å². The molecule has 0 saturated carbocycles. The minimum atomic E-state index is -0.347. The van der Waals surface area contributed by atoms with Gasteiger partial charge in [-0.15, -0.1) is 0 Å². The summed E-state index contributed by atoms with van der Waals surface area (Å²) in [6.07, 6.45) is 0. The number of anilines is 3. The standard InChI is InChI=1S/C62H45N/c1-61(44-24-8-4-9-25-44)55-33-15-12-28-49(55)51-38-36-46(40-57(51)61)63(47-37-39-52-50-29-13-16-34-56(50)62(2,58(52)41-47)45-26-10-5-11-27-45)59-35-17-14-30-53(59)54-32-19-23-43-22-18-31-48(60(43)54)42-20-6-3-7-21-42/h3-41H,1-2H3. The highest BCUT2D eigenvalue weighted by atomic mass is 15.1. The second-order valence-corrected chi connectivity index (χ2v) is 17.5. The molecule has 0 N–H and O–H groups in total. The van der Waals surface area contributed by atoms with Gasteiger partial charge in [0, 0.05) is 27.8 Å². The van der Waals surface area contributed by atoms with Crippen molar-refractivity contribution in [3.8, 4) is 44.5 Å². The van der Waals surface area contributed by atoms with Crippen LogP contribution in [0.15, 0.2) is 237 Å². The van der Waals surface area contributed by atoms with Crippen LogP contribution in [0, 0.1) is 0 Å². The Morgan fingerprint density at radius 1 is 0.302 bits per heavy atom. The SMILES string of the molecule is CC1(c2ccccc2)c2ccccc2-c2ccc(N(c3ccc4c(c3)C(C)(c3ccccc3)c3ccccc3-4)c3ccccc3-c3cccc4cccc(-c5ccccc5)c34)cc21. The monoisotopic (exact) mass is 803 g/mol. The number of fused-ring (bicyclic) bond motifs is 7. The molecule has 10 aromatic carbocycles. The summed E-state index contributed by atoms with van der Waals surface area (Å²) < 4.78 is 0. The molecule has 12 rings (SSSR count). The van der Waals surface area contributed by atoms with Gasteiger partial charge >= 0.3 is 0 Å². The average molecular weight is 804 g/mol. The van der Waals surface area contributed by atoms with E-state index in [0.717, 1.165) is 17.1 Å². The van der Waals surface area contributed by atoms with Crippen LogP contribution in [0.25, 0.3) is 55.3 Å². The molecule has 0 spiro atoms. The van der Waals surface area contributed by atoms with Gasteiger partial charge in [-0.05, 0) is 127 Å². The molecule has 2 atom stereocenters. The van der Waals surface area contributed by atoms with E-state index >= 15 is 0 Å². The highest BCUT2D eigenvalue weighted by Gasteiger charge is 2.43. The Morgan fingerprint density at radius 2 is 0.714 bits per heavy atom. The fourth-order valence-corrected chi connectivity index (χ4v) is 11.2. The van der Waals surface area contributed by atoms with E-state index in [1.165, 1.54) is 88.7 Å². The van der Waals surface area contributed by atoms with Gasteiger partial charge in [0.05, 0.1) is 5.69 Å². The molecular formula is C62H45N. The molecule has 0 aromatic heterocycles. The molecular weight excluding hydrogens is 759 g/mol. The zero-order valence-electron chi connectivity index (χ0n) is 35.5. The smallest absolute Gasteiger partial charge is 0.0540 e. The summed E-state index contributed by atoms with van der Waals surface area (Å²) >= 11 is 0. The van der Waals surface area contributed by atoms with E-state index in [4.69, 9.17) is 0 Å². The second-order valence-electron chi connectivity index (χ2n) is 17.5. The lowest BCUT2D eigenvalue weighted by atomic mass is 9.74.